The number of fused-ring (bicyclic) bond motifs is 1. The first-order chi connectivity index (χ1) is 11.6. The van der Waals surface area contributed by atoms with Crippen molar-refractivity contribution in [2.75, 3.05) is 21.3 Å². The van der Waals surface area contributed by atoms with Crippen LogP contribution in [0.5, 0.6) is 17.2 Å². The Bertz CT molecular complexity index is 894. The molecule has 3 aromatic rings. The zero-order valence-electron chi connectivity index (χ0n) is 13.3. The van der Waals surface area contributed by atoms with Gasteiger partial charge in [-0.3, -0.25) is 0 Å². The fourth-order valence-corrected chi connectivity index (χ4v) is 2.44. The third-order valence-electron chi connectivity index (χ3n) is 3.52. The van der Waals surface area contributed by atoms with Crippen LogP contribution in [0.2, 0.25) is 0 Å². The van der Waals surface area contributed by atoms with E-state index in [1.807, 2.05) is 0 Å². The number of aromatic amines is 1. The Hall–Kier alpha value is -3.29. The lowest BCUT2D eigenvalue weighted by molar-refractivity contribution is 0.0691. The summed E-state index contributed by atoms with van der Waals surface area (Å²) in [4.78, 5) is 23.0. The highest BCUT2D eigenvalue weighted by Gasteiger charge is 2.21. The molecule has 1 aromatic carbocycles. The molecule has 0 amide bonds. The van der Waals surface area contributed by atoms with Gasteiger partial charge >= 0.3 is 5.97 Å². The van der Waals surface area contributed by atoms with E-state index in [9.17, 15) is 9.90 Å². The number of ether oxygens (including phenoxy) is 3. The van der Waals surface area contributed by atoms with E-state index in [1.54, 1.807) is 24.4 Å². The average Bonchev–Trinajstić information content (AvgIpc) is 3.06. The number of hydrogen-bond donors (Lipinski definition) is 2. The molecule has 8 nitrogen and oxygen atoms in total. The normalized spacial score (nSPS) is 10.6. The Morgan fingerprint density at radius 1 is 1.08 bits per heavy atom. The molecule has 0 spiro atoms. The quantitative estimate of drug-likeness (QED) is 0.740. The number of aromatic nitrogens is 3. The van der Waals surface area contributed by atoms with Gasteiger partial charge in [0.15, 0.2) is 22.8 Å². The van der Waals surface area contributed by atoms with Crippen molar-refractivity contribution in [3.05, 3.63) is 30.1 Å². The van der Waals surface area contributed by atoms with Crippen molar-refractivity contribution < 1.29 is 24.1 Å². The second-order valence-corrected chi connectivity index (χ2v) is 4.85. The number of benzene rings is 1. The van der Waals surface area contributed by atoms with Crippen molar-refractivity contribution in [2.24, 2.45) is 0 Å². The van der Waals surface area contributed by atoms with Crippen molar-refractivity contribution in [1.82, 2.24) is 15.0 Å². The molecule has 24 heavy (non-hydrogen) atoms. The number of methoxy groups -OCH3 is 3. The van der Waals surface area contributed by atoms with Crippen LogP contribution in [0, 0.1) is 0 Å². The summed E-state index contributed by atoms with van der Waals surface area (Å²) in [5.74, 6) is 0.0392. The van der Waals surface area contributed by atoms with Gasteiger partial charge in [0.1, 0.15) is 11.2 Å². The maximum atomic E-state index is 11.6. The summed E-state index contributed by atoms with van der Waals surface area (Å²) in [5, 5.41) is 9.47. The van der Waals surface area contributed by atoms with Gasteiger partial charge < -0.3 is 24.3 Å². The number of nitrogens with zero attached hydrogens (tertiary/aromatic N) is 2. The van der Waals surface area contributed by atoms with Crippen LogP contribution in [0.1, 0.15) is 10.5 Å². The standard InChI is InChI=1S/C16H15N3O5/c1-22-10-6-8(7-11(23-2)14(10)24-3)12-13(16(20)21)19-15-9(18-12)4-5-17-15/h4-7H,1-3H3,(H,17,19)(H,20,21). The molecular weight excluding hydrogens is 314 g/mol. The number of rotatable bonds is 5. The summed E-state index contributed by atoms with van der Waals surface area (Å²) in [5.41, 5.74) is 1.51. The fraction of sp³-hybridized carbons (Fsp3) is 0.188. The summed E-state index contributed by atoms with van der Waals surface area (Å²) >= 11 is 0. The molecule has 0 saturated heterocycles. The average molecular weight is 329 g/mol. The predicted octanol–water partition coefficient (Wildman–Crippen LogP) is 2.35. The first kappa shape index (κ1) is 15.6. The van der Waals surface area contributed by atoms with E-state index in [-0.39, 0.29) is 11.4 Å². The maximum Gasteiger partial charge on any atom is 0.356 e. The first-order valence-corrected chi connectivity index (χ1v) is 6.97. The van der Waals surface area contributed by atoms with E-state index in [2.05, 4.69) is 15.0 Å². The summed E-state index contributed by atoms with van der Waals surface area (Å²) in [7, 11) is 4.47. The Kier molecular flexibility index (Phi) is 3.95. The van der Waals surface area contributed by atoms with Crippen molar-refractivity contribution in [3.63, 3.8) is 0 Å². The van der Waals surface area contributed by atoms with Crippen molar-refractivity contribution in [1.29, 1.82) is 0 Å². The Morgan fingerprint density at radius 3 is 2.29 bits per heavy atom. The van der Waals surface area contributed by atoms with Gasteiger partial charge in [0, 0.05) is 11.8 Å². The Balaban J connectivity index is 2.30. The van der Waals surface area contributed by atoms with Gasteiger partial charge in [-0.05, 0) is 18.2 Å². The lowest BCUT2D eigenvalue weighted by Gasteiger charge is -2.14. The molecule has 2 heterocycles. The number of aromatic carboxylic acids is 1. The van der Waals surface area contributed by atoms with Crippen LogP contribution in [-0.4, -0.2) is 47.4 Å². The molecule has 0 unspecified atom stereocenters. The minimum Gasteiger partial charge on any atom is -0.493 e. The smallest absolute Gasteiger partial charge is 0.356 e. The molecule has 0 saturated carbocycles. The molecule has 2 N–H and O–H groups in total. The van der Waals surface area contributed by atoms with Gasteiger partial charge in [-0.25, -0.2) is 14.8 Å². The third-order valence-corrected chi connectivity index (χ3v) is 3.52. The second-order valence-electron chi connectivity index (χ2n) is 4.85. The van der Waals surface area contributed by atoms with E-state index in [0.29, 0.717) is 34.0 Å². The van der Waals surface area contributed by atoms with E-state index in [0.717, 1.165) is 0 Å². The number of hydrogen-bond acceptors (Lipinski definition) is 6. The van der Waals surface area contributed by atoms with Gasteiger partial charge in [-0.1, -0.05) is 0 Å². The Morgan fingerprint density at radius 2 is 1.75 bits per heavy atom. The number of carbonyl (C=O) groups is 1. The highest BCUT2D eigenvalue weighted by molar-refractivity contribution is 5.95. The molecule has 8 heteroatoms. The van der Waals surface area contributed by atoms with E-state index < -0.39 is 5.97 Å². The minimum atomic E-state index is -1.18. The van der Waals surface area contributed by atoms with Gasteiger partial charge in [0.05, 0.1) is 21.3 Å². The Labute approximate surface area is 137 Å². The van der Waals surface area contributed by atoms with Gasteiger partial charge in [0.2, 0.25) is 5.75 Å². The summed E-state index contributed by atoms with van der Waals surface area (Å²) in [6.45, 7) is 0. The van der Waals surface area contributed by atoms with Gasteiger partial charge in [-0.2, -0.15) is 0 Å². The molecule has 0 bridgehead atoms. The highest BCUT2D eigenvalue weighted by Crippen LogP contribution is 2.41. The number of carboxylic acids is 1. The van der Waals surface area contributed by atoms with E-state index in [1.165, 1.54) is 21.3 Å². The lowest BCUT2D eigenvalue weighted by atomic mass is 10.1. The summed E-state index contributed by atoms with van der Waals surface area (Å²) in [6, 6.07) is 4.99. The van der Waals surface area contributed by atoms with Crippen molar-refractivity contribution in [2.45, 2.75) is 0 Å². The fourth-order valence-electron chi connectivity index (χ4n) is 2.44. The van der Waals surface area contributed by atoms with Gasteiger partial charge in [0.25, 0.3) is 0 Å². The molecule has 0 aliphatic carbocycles. The van der Waals surface area contributed by atoms with Crippen LogP contribution in [0.3, 0.4) is 0 Å². The molecule has 3 rings (SSSR count). The number of H-pyrrole nitrogens is 1. The SMILES string of the molecule is COc1cc(-c2nc3cc[nH]c3nc2C(=O)O)cc(OC)c1OC. The zero-order chi connectivity index (χ0) is 17.3. The van der Waals surface area contributed by atoms with E-state index >= 15 is 0 Å². The van der Waals surface area contributed by atoms with E-state index in [4.69, 9.17) is 14.2 Å². The summed E-state index contributed by atoms with van der Waals surface area (Å²) in [6.07, 6.45) is 1.65. The molecular formula is C16H15N3O5. The number of nitrogens with one attached hydrogen (secondary N) is 1. The molecule has 0 fully saturated rings. The van der Waals surface area contributed by atoms with Crippen molar-refractivity contribution in [3.8, 4) is 28.5 Å². The summed E-state index contributed by atoms with van der Waals surface area (Å²) < 4.78 is 15.9. The maximum absolute atomic E-state index is 11.6. The predicted molar refractivity (Wildman–Crippen MR) is 85.9 cm³/mol. The zero-order valence-corrected chi connectivity index (χ0v) is 13.3. The molecule has 2 aromatic heterocycles. The molecule has 0 radical (unpaired) electrons. The minimum absolute atomic E-state index is 0.167. The molecule has 0 aliphatic heterocycles. The lowest BCUT2D eigenvalue weighted by Crippen LogP contribution is -2.06. The first-order valence-electron chi connectivity index (χ1n) is 6.97. The second kappa shape index (κ2) is 6.07. The molecule has 0 atom stereocenters. The third kappa shape index (κ3) is 2.47. The van der Waals surface area contributed by atoms with Crippen LogP contribution in [0.4, 0.5) is 0 Å². The monoisotopic (exact) mass is 329 g/mol. The molecule has 124 valence electrons. The van der Waals surface area contributed by atoms with Crippen LogP contribution >= 0.6 is 0 Å². The highest BCUT2D eigenvalue weighted by atomic mass is 16.5. The van der Waals surface area contributed by atoms with Crippen LogP contribution in [0.25, 0.3) is 22.4 Å². The van der Waals surface area contributed by atoms with Gasteiger partial charge in [-0.15, -0.1) is 0 Å². The van der Waals surface area contributed by atoms with Crippen LogP contribution in [-0.2, 0) is 0 Å². The largest absolute Gasteiger partial charge is 0.493 e. The molecule has 0 aliphatic rings. The number of carboxylic acid groups (broad SMARTS) is 1. The van der Waals surface area contributed by atoms with Crippen molar-refractivity contribution >= 4 is 17.1 Å². The van der Waals surface area contributed by atoms with Crippen LogP contribution in [0.15, 0.2) is 24.4 Å². The topological polar surface area (TPSA) is 107 Å². The van der Waals surface area contributed by atoms with Crippen LogP contribution < -0.4 is 14.2 Å².